The predicted octanol–water partition coefficient (Wildman–Crippen LogP) is 2.67. The van der Waals surface area contributed by atoms with Crippen molar-refractivity contribution >= 4 is 23.4 Å². The van der Waals surface area contributed by atoms with Gasteiger partial charge in [-0.1, -0.05) is 11.6 Å². The Kier molecular flexibility index (Phi) is 5.86. The van der Waals surface area contributed by atoms with Crippen LogP contribution in [0.2, 0.25) is 5.02 Å². The van der Waals surface area contributed by atoms with Gasteiger partial charge in [0.1, 0.15) is 0 Å². The van der Waals surface area contributed by atoms with Crippen molar-refractivity contribution < 1.29 is 19.1 Å². The molecule has 6 nitrogen and oxygen atoms in total. The van der Waals surface area contributed by atoms with Crippen LogP contribution in [0.15, 0.2) is 36.4 Å². The first-order valence-electron chi connectivity index (χ1n) is 8.57. The average Bonchev–Trinajstić information content (AvgIpc) is 2.70. The largest absolute Gasteiger partial charge is 0.493 e. The number of nitrogens with one attached hydrogen (secondary N) is 1. The van der Waals surface area contributed by atoms with Gasteiger partial charge in [0.2, 0.25) is 5.91 Å². The van der Waals surface area contributed by atoms with Gasteiger partial charge in [0, 0.05) is 23.7 Å². The van der Waals surface area contributed by atoms with Gasteiger partial charge in [-0.2, -0.15) is 0 Å². The van der Waals surface area contributed by atoms with Gasteiger partial charge in [0.25, 0.3) is 5.91 Å². The van der Waals surface area contributed by atoms with E-state index in [0.717, 1.165) is 17.5 Å². The summed E-state index contributed by atoms with van der Waals surface area (Å²) in [4.78, 5) is 26.4. The Hall–Kier alpha value is -2.73. The Morgan fingerprint density at radius 1 is 1.07 bits per heavy atom. The number of benzene rings is 2. The summed E-state index contributed by atoms with van der Waals surface area (Å²) in [6.45, 7) is 1.02. The molecule has 0 saturated heterocycles. The predicted molar refractivity (Wildman–Crippen MR) is 102 cm³/mol. The van der Waals surface area contributed by atoms with Crippen LogP contribution in [0.1, 0.15) is 21.5 Å². The summed E-state index contributed by atoms with van der Waals surface area (Å²) in [7, 11) is 3.19. The highest BCUT2D eigenvalue weighted by molar-refractivity contribution is 6.30. The third-order valence-electron chi connectivity index (χ3n) is 4.58. The smallest absolute Gasteiger partial charge is 0.251 e. The first-order valence-corrected chi connectivity index (χ1v) is 8.95. The lowest BCUT2D eigenvalue weighted by Gasteiger charge is -2.29. The van der Waals surface area contributed by atoms with Crippen LogP contribution in [0.25, 0.3) is 0 Å². The molecule has 2 aromatic rings. The molecule has 0 atom stereocenters. The van der Waals surface area contributed by atoms with Crippen LogP contribution in [-0.4, -0.2) is 44.0 Å². The molecule has 1 aliphatic heterocycles. The van der Waals surface area contributed by atoms with Gasteiger partial charge >= 0.3 is 0 Å². The normalized spacial score (nSPS) is 12.9. The fraction of sp³-hybridized carbons (Fsp3) is 0.300. The summed E-state index contributed by atoms with van der Waals surface area (Å²) in [6, 6.07) is 10.4. The molecule has 7 heteroatoms. The number of carbonyl (C=O) groups is 2. The topological polar surface area (TPSA) is 67.9 Å². The van der Waals surface area contributed by atoms with E-state index < -0.39 is 0 Å². The maximum Gasteiger partial charge on any atom is 0.251 e. The van der Waals surface area contributed by atoms with Gasteiger partial charge in [-0.25, -0.2) is 0 Å². The molecule has 0 spiro atoms. The zero-order valence-electron chi connectivity index (χ0n) is 15.3. The highest BCUT2D eigenvalue weighted by atomic mass is 35.5. The number of amides is 2. The summed E-state index contributed by atoms with van der Waals surface area (Å²) >= 11 is 5.82. The van der Waals surface area contributed by atoms with E-state index in [4.69, 9.17) is 21.1 Å². The molecular formula is C20H21ClN2O4. The lowest BCUT2D eigenvalue weighted by Crippen LogP contribution is -2.42. The number of hydrogen-bond acceptors (Lipinski definition) is 4. The van der Waals surface area contributed by atoms with Crippen molar-refractivity contribution in [2.24, 2.45) is 0 Å². The zero-order valence-corrected chi connectivity index (χ0v) is 16.0. The zero-order chi connectivity index (χ0) is 19.4. The Morgan fingerprint density at radius 3 is 2.33 bits per heavy atom. The summed E-state index contributed by atoms with van der Waals surface area (Å²) < 4.78 is 10.7. The number of nitrogens with zero attached hydrogens (tertiary/aromatic N) is 1. The number of fused-ring (bicyclic) bond motifs is 1. The summed E-state index contributed by atoms with van der Waals surface area (Å²) in [5.74, 6) is 0.898. The van der Waals surface area contributed by atoms with Gasteiger partial charge in [-0.05, 0) is 53.9 Å². The van der Waals surface area contributed by atoms with Crippen LogP contribution in [0.5, 0.6) is 11.5 Å². The van der Waals surface area contributed by atoms with E-state index in [-0.39, 0.29) is 18.4 Å². The number of hydrogen-bond donors (Lipinski definition) is 1. The Bertz CT molecular complexity index is 852. The van der Waals surface area contributed by atoms with Gasteiger partial charge in [-0.15, -0.1) is 0 Å². The maximum atomic E-state index is 12.5. The lowest BCUT2D eigenvalue weighted by molar-refractivity contribution is -0.131. The van der Waals surface area contributed by atoms with E-state index in [1.54, 1.807) is 43.4 Å². The number of halogens is 1. The molecular weight excluding hydrogens is 368 g/mol. The summed E-state index contributed by atoms with van der Waals surface area (Å²) in [5.41, 5.74) is 2.63. The van der Waals surface area contributed by atoms with Gasteiger partial charge in [0.05, 0.1) is 20.8 Å². The van der Waals surface area contributed by atoms with E-state index in [9.17, 15) is 9.59 Å². The minimum absolute atomic E-state index is 0.0515. The van der Waals surface area contributed by atoms with Gasteiger partial charge in [0.15, 0.2) is 11.5 Å². The molecule has 0 bridgehead atoms. The minimum atomic E-state index is -0.302. The summed E-state index contributed by atoms with van der Waals surface area (Å²) in [5, 5.41) is 3.22. The van der Waals surface area contributed by atoms with Crippen LogP contribution in [0.3, 0.4) is 0 Å². The fourth-order valence-electron chi connectivity index (χ4n) is 3.07. The summed E-state index contributed by atoms with van der Waals surface area (Å²) in [6.07, 6.45) is 0.729. The second-order valence-electron chi connectivity index (χ2n) is 6.23. The quantitative estimate of drug-likeness (QED) is 0.855. The second kappa shape index (κ2) is 8.31. The number of rotatable bonds is 5. The molecule has 0 aliphatic carbocycles. The van der Waals surface area contributed by atoms with E-state index >= 15 is 0 Å². The fourth-order valence-corrected chi connectivity index (χ4v) is 3.19. The van der Waals surface area contributed by atoms with Crippen LogP contribution in [-0.2, 0) is 17.8 Å². The van der Waals surface area contributed by atoms with Crippen LogP contribution in [0.4, 0.5) is 0 Å². The third-order valence-corrected chi connectivity index (χ3v) is 4.83. The molecule has 2 amide bonds. The highest BCUT2D eigenvalue weighted by Gasteiger charge is 2.23. The number of methoxy groups -OCH3 is 2. The van der Waals surface area contributed by atoms with Crippen molar-refractivity contribution in [2.45, 2.75) is 13.0 Å². The van der Waals surface area contributed by atoms with E-state index in [1.807, 2.05) is 12.1 Å². The van der Waals surface area contributed by atoms with E-state index in [0.29, 0.717) is 35.2 Å². The van der Waals surface area contributed by atoms with Crippen molar-refractivity contribution in [2.75, 3.05) is 27.3 Å². The number of ether oxygens (including phenoxy) is 2. The molecule has 142 valence electrons. The molecule has 2 aromatic carbocycles. The number of carbonyl (C=O) groups excluding carboxylic acids is 2. The molecule has 3 rings (SSSR count). The average molecular weight is 389 g/mol. The van der Waals surface area contributed by atoms with E-state index in [1.165, 1.54) is 0 Å². The van der Waals surface area contributed by atoms with Crippen molar-refractivity contribution in [3.05, 3.63) is 58.1 Å². The Morgan fingerprint density at radius 2 is 1.70 bits per heavy atom. The van der Waals surface area contributed by atoms with Gasteiger partial charge in [-0.3, -0.25) is 9.59 Å². The molecule has 1 aliphatic rings. The highest BCUT2D eigenvalue weighted by Crippen LogP contribution is 2.33. The first-order chi connectivity index (χ1) is 13.0. The molecule has 1 N–H and O–H groups in total. The van der Waals surface area contributed by atoms with Crippen LogP contribution >= 0.6 is 11.6 Å². The Balaban J connectivity index is 1.62. The molecule has 0 aromatic heterocycles. The lowest BCUT2D eigenvalue weighted by atomic mass is 9.98. The minimum Gasteiger partial charge on any atom is -0.493 e. The standard InChI is InChI=1S/C20H21ClN2O4/c1-26-17-9-14-7-8-23(12-15(14)10-18(17)27-2)19(24)11-22-20(25)13-3-5-16(21)6-4-13/h3-6,9-10H,7-8,11-12H2,1-2H3,(H,22,25). The van der Waals surface area contributed by atoms with E-state index in [2.05, 4.69) is 5.32 Å². The van der Waals surface area contributed by atoms with Gasteiger partial charge < -0.3 is 19.7 Å². The van der Waals surface area contributed by atoms with Crippen LogP contribution < -0.4 is 14.8 Å². The molecule has 0 fully saturated rings. The molecule has 1 heterocycles. The molecule has 0 unspecified atom stereocenters. The van der Waals surface area contributed by atoms with Crippen molar-refractivity contribution in [1.29, 1.82) is 0 Å². The molecule has 0 radical (unpaired) electrons. The van der Waals surface area contributed by atoms with Crippen LogP contribution in [0, 0.1) is 0 Å². The second-order valence-corrected chi connectivity index (χ2v) is 6.67. The third kappa shape index (κ3) is 4.34. The van der Waals surface area contributed by atoms with Crippen molar-refractivity contribution in [1.82, 2.24) is 10.2 Å². The maximum absolute atomic E-state index is 12.5. The molecule has 0 saturated carbocycles. The van der Waals surface area contributed by atoms with Crippen molar-refractivity contribution in [3.63, 3.8) is 0 Å². The SMILES string of the molecule is COc1cc2c(cc1OC)CN(C(=O)CNC(=O)c1ccc(Cl)cc1)CC2. The monoisotopic (exact) mass is 388 g/mol. The first kappa shape index (κ1) is 19.0. The Labute approximate surface area is 163 Å². The van der Waals surface area contributed by atoms with Crippen molar-refractivity contribution in [3.8, 4) is 11.5 Å². The molecule has 27 heavy (non-hydrogen) atoms.